The Kier molecular flexibility index (Phi) is 2.02. The Labute approximate surface area is 92.7 Å². The number of aliphatic hydroxyl groups is 2. The van der Waals surface area contributed by atoms with Crippen molar-refractivity contribution in [2.45, 2.75) is 12.2 Å². The lowest BCUT2D eigenvalue weighted by Crippen LogP contribution is -2.19. The van der Waals surface area contributed by atoms with Crippen molar-refractivity contribution in [2.24, 2.45) is 0 Å². The van der Waals surface area contributed by atoms with Crippen molar-refractivity contribution in [3.05, 3.63) is 47.7 Å². The second kappa shape index (κ2) is 3.40. The number of benzene rings is 1. The number of hydrogen-bond acceptors (Lipinski definition) is 3. The van der Waals surface area contributed by atoms with Crippen LogP contribution in [0.5, 0.6) is 0 Å². The van der Waals surface area contributed by atoms with Crippen LogP contribution in [0.25, 0.3) is 17.0 Å². The number of fused-ring (bicyclic) bond motifs is 3. The number of aromatic nitrogens is 1. The molecule has 1 heterocycles. The summed E-state index contributed by atoms with van der Waals surface area (Å²) in [6.07, 6.45) is 3.38. The van der Waals surface area contributed by atoms with E-state index in [1.807, 2.05) is 30.3 Å². The Morgan fingerprint density at radius 2 is 2.00 bits per heavy atom. The first-order chi connectivity index (χ1) is 7.77. The Hall–Kier alpha value is -1.71. The van der Waals surface area contributed by atoms with E-state index in [0.717, 1.165) is 16.5 Å². The fourth-order valence-corrected chi connectivity index (χ4v) is 2.12. The molecule has 0 aliphatic heterocycles. The van der Waals surface area contributed by atoms with E-state index in [1.165, 1.54) is 0 Å². The Bertz CT molecular complexity index is 577. The second-order valence-electron chi connectivity index (χ2n) is 3.94. The molecule has 0 saturated heterocycles. The lowest BCUT2D eigenvalue weighted by Gasteiger charge is -2.22. The highest BCUT2D eigenvalue weighted by atomic mass is 16.3. The highest BCUT2D eigenvalue weighted by Gasteiger charge is 2.24. The van der Waals surface area contributed by atoms with Crippen molar-refractivity contribution in [3.63, 3.8) is 0 Å². The van der Waals surface area contributed by atoms with Crippen LogP contribution in [0.2, 0.25) is 0 Å². The minimum atomic E-state index is -0.890. The first kappa shape index (κ1) is 9.51. The van der Waals surface area contributed by atoms with Crippen molar-refractivity contribution >= 4 is 17.0 Å². The van der Waals surface area contributed by atoms with E-state index in [4.69, 9.17) is 0 Å². The molecule has 16 heavy (non-hydrogen) atoms. The van der Waals surface area contributed by atoms with Gasteiger partial charge in [0.05, 0.1) is 5.52 Å². The summed E-state index contributed by atoms with van der Waals surface area (Å²) >= 11 is 0. The topological polar surface area (TPSA) is 53.4 Å². The normalized spacial score (nSPS) is 23.4. The van der Waals surface area contributed by atoms with Crippen molar-refractivity contribution in [1.82, 2.24) is 4.98 Å². The van der Waals surface area contributed by atoms with Crippen molar-refractivity contribution in [2.75, 3.05) is 0 Å². The van der Waals surface area contributed by atoms with Crippen LogP contribution in [-0.2, 0) is 0 Å². The maximum atomic E-state index is 9.99. The molecule has 0 bridgehead atoms. The molecule has 3 rings (SSSR count). The van der Waals surface area contributed by atoms with Gasteiger partial charge in [-0.25, -0.2) is 0 Å². The summed E-state index contributed by atoms with van der Waals surface area (Å²) in [7, 11) is 0. The van der Waals surface area contributed by atoms with Gasteiger partial charge in [-0.15, -0.1) is 0 Å². The second-order valence-corrected chi connectivity index (χ2v) is 3.94. The number of pyridine rings is 1. The van der Waals surface area contributed by atoms with E-state index in [2.05, 4.69) is 4.98 Å². The fourth-order valence-electron chi connectivity index (χ4n) is 2.12. The average Bonchev–Trinajstić information content (AvgIpc) is 2.33. The molecular weight excluding hydrogens is 202 g/mol. The van der Waals surface area contributed by atoms with Crippen LogP contribution in [0.15, 0.2) is 36.5 Å². The Morgan fingerprint density at radius 1 is 1.12 bits per heavy atom. The Balaban J connectivity index is 2.37. The van der Waals surface area contributed by atoms with Crippen LogP contribution >= 0.6 is 0 Å². The van der Waals surface area contributed by atoms with Gasteiger partial charge < -0.3 is 10.2 Å². The zero-order valence-electron chi connectivity index (χ0n) is 8.54. The van der Waals surface area contributed by atoms with Crippen molar-refractivity contribution in [1.29, 1.82) is 0 Å². The predicted molar refractivity (Wildman–Crippen MR) is 61.7 cm³/mol. The molecule has 1 aliphatic carbocycles. The molecule has 2 atom stereocenters. The van der Waals surface area contributed by atoms with E-state index in [0.29, 0.717) is 5.56 Å². The number of rotatable bonds is 0. The Morgan fingerprint density at radius 3 is 2.88 bits per heavy atom. The van der Waals surface area contributed by atoms with Crippen molar-refractivity contribution < 1.29 is 10.2 Å². The van der Waals surface area contributed by atoms with Gasteiger partial charge in [-0.1, -0.05) is 30.4 Å². The van der Waals surface area contributed by atoms with Gasteiger partial charge in [0.2, 0.25) is 0 Å². The molecule has 0 spiro atoms. The first-order valence-corrected chi connectivity index (χ1v) is 5.19. The summed E-state index contributed by atoms with van der Waals surface area (Å²) in [6.45, 7) is 0. The van der Waals surface area contributed by atoms with E-state index in [1.54, 1.807) is 12.3 Å². The lowest BCUT2D eigenvalue weighted by atomic mass is 9.91. The summed E-state index contributed by atoms with van der Waals surface area (Å²) in [4.78, 5) is 4.27. The monoisotopic (exact) mass is 213 g/mol. The summed E-state index contributed by atoms with van der Waals surface area (Å²) in [5.41, 5.74) is 2.40. The molecule has 3 nitrogen and oxygen atoms in total. The standard InChI is InChI=1S/C13H11NO2/c15-10-6-5-8-3-4-9-2-1-7-14-12(9)11(8)13(10)16/h1-7,10,13,15-16H/t10-,13-/m0/s1. The predicted octanol–water partition coefficient (Wildman–Crippen LogP) is 1.66. The molecule has 0 saturated carbocycles. The van der Waals surface area contributed by atoms with Gasteiger partial charge in [0.1, 0.15) is 12.2 Å². The zero-order valence-corrected chi connectivity index (χ0v) is 8.54. The van der Waals surface area contributed by atoms with Crippen LogP contribution in [0.1, 0.15) is 17.2 Å². The third-order valence-electron chi connectivity index (χ3n) is 2.94. The molecule has 0 radical (unpaired) electrons. The van der Waals surface area contributed by atoms with Gasteiger partial charge in [-0.3, -0.25) is 4.98 Å². The molecule has 1 aromatic carbocycles. The maximum absolute atomic E-state index is 9.99. The molecule has 3 heteroatoms. The summed E-state index contributed by atoms with van der Waals surface area (Å²) in [6, 6.07) is 7.71. The molecule has 1 aromatic heterocycles. The fraction of sp³-hybridized carbons (Fsp3) is 0.154. The van der Waals surface area contributed by atoms with Crippen LogP contribution in [0.4, 0.5) is 0 Å². The van der Waals surface area contributed by atoms with Gasteiger partial charge >= 0.3 is 0 Å². The minimum Gasteiger partial charge on any atom is -0.386 e. The van der Waals surface area contributed by atoms with Crippen molar-refractivity contribution in [3.8, 4) is 0 Å². The minimum absolute atomic E-state index is 0.716. The SMILES string of the molecule is O[C@@H]1c2c(ccc3cccnc23)C=C[C@@H]1O. The van der Waals surface area contributed by atoms with E-state index in [9.17, 15) is 10.2 Å². The number of nitrogens with zero attached hydrogens (tertiary/aromatic N) is 1. The van der Waals surface area contributed by atoms with Crippen LogP contribution < -0.4 is 0 Å². The average molecular weight is 213 g/mol. The third-order valence-corrected chi connectivity index (χ3v) is 2.94. The zero-order chi connectivity index (χ0) is 11.1. The van der Waals surface area contributed by atoms with Gasteiger partial charge in [-0.2, -0.15) is 0 Å². The molecule has 0 fully saturated rings. The lowest BCUT2D eigenvalue weighted by molar-refractivity contribution is 0.0479. The maximum Gasteiger partial charge on any atom is 0.111 e. The molecule has 0 unspecified atom stereocenters. The molecule has 2 N–H and O–H groups in total. The molecule has 1 aliphatic rings. The molecule has 0 amide bonds. The third kappa shape index (κ3) is 1.26. The molecule has 80 valence electrons. The first-order valence-electron chi connectivity index (χ1n) is 5.19. The highest BCUT2D eigenvalue weighted by Crippen LogP contribution is 2.32. The van der Waals surface area contributed by atoms with Gasteiger partial charge in [-0.05, 0) is 11.6 Å². The van der Waals surface area contributed by atoms with E-state index >= 15 is 0 Å². The number of hydrogen-bond donors (Lipinski definition) is 2. The highest BCUT2D eigenvalue weighted by molar-refractivity contribution is 5.86. The summed E-state index contributed by atoms with van der Waals surface area (Å²) < 4.78 is 0. The van der Waals surface area contributed by atoms with Crippen LogP contribution in [0.3, 0.4) is 0 Å². The largest absolute Gasteiger partial charge is 0.386 e. The van der Waals surface area contributed by atoms with Gasteiger partial charge in [0.25, 0.3) is 0 Å². The van der Waals surface area contributed by atoms with E-state index in [-0.39, 0.29) is 0 Å². The summed E-state index contributed by atoms with van der Waals surface area (Å²) in [5, 5.41) is 20.6. The van der Waals surface area contributed by atoms with Gasteiger partial charge in [0, 0.05) is 17.1 Å². The van der Waals surface area contributed by atoms with E-state index < -0.39 is 12.2 Å². The molecular formula is C13H11NO2. The molecule has 2 aromatic rings. The smallest absolute Gasteiger partial charge is 0.111 e. The number of aliphatic hydroxyl groups excluding tert-OH is 2. The quantitative estimate of drug-likeness (QED) is 0.699. The van der Waals surface area contributed by atoms with Crippen LogP contribution in [-0.4, -0.2) is 21.3 Å². The summed E-state index contributed by atoms with van der Waals surface area (Å²) in [5.74, 6) is 0. The van der Waals surface area contributed by atoms with Gasteiger partial charge in [0.15, 0.2) is 0 Å². The van der Waals surface area contributed by atoms with Crippen LogP contribution in [0, 0.1) is 0 Å².